The van der Waals surface area contributed by atoms with Crippen LogP contribution in [0.15, 0.2) is 52.7 Å². The van der Waals surface area contributed by atoms with E-state index in [0.29, 0.717) is 15.9 Å². The second kappa shape index (κ2) is 9.99. The Morgan fingerprint density at radius 3 is 2.90 bits per heavy atom. The number of hydrogen-bond donors (Lipinski definition) is 3. The number of aromatic nitrogens is 3. The van der Waals surface area contributed by atoms with Crippen LogP contribution in [0.3, 0.4) is 0 Å². The van der Waals surface area contributed by atoms with Gasteiger partial charge in [-0.15, -0.1) is 10.2 Å². The lowest BCUT2D eigenvalue weighted by molar-refractivity contribution is -0.113. The van der Waals surface area contributed by atoms with Gasteiger partial charge in [-0.1, -0.05) is 35.5 Å². The van der Waals surface area contributed by atoms with Crippen LogP contribution in [0.4, 0.5) is 11.6 Å². The molecule has 0 fully saturated rings. The number of ether oxygens (including phenoxy) is 1. The number of thioether (sulfide) groups is 1. The number of benzene rings is 2. The molecule has 0 spiro atoms. The van der Waals surface area contributed by atoms with Crippen LogP contribution in [-0.2, 0) is 4.79 Å². The van der Waals surface area contributed by atoms with E-state index in [1.807, 2.05) is 25.1 Å². The summed E-state index contributed by atoms with van der Waals surface area (Å²) in [6, 6.07) is 12.6. The predicted octanol–water partition coefficient (Wildman–Crippen LogP) is 3.14. The molecule has 0 saturated heterocycles. The van der Waals surface area contributed by atoms with Crippen molar-refractivity contribution in [1.29, 1.82) is 0 Å². The van der Waals surface area contributed by atoms with Gasteiger partial charge in [-0.25, -0.2) is 10.1 Å². The molecule has 0 aliphatic rings. The van der Waals surface area contributed by atoms with Gasteiger partial charge in [0.2, 0.25) is 11.1 Å². The lowest BCUT2D eigenvalue weighted by atomic mass is 10.2. The fourth-order valence-electron chi connectivity index (χ4n) is 2.42. The normalized spacial score (nSPS) is 10.9. The van der Waals surface area contributed by atoms with Gasteiger partial charge in [0, 0.05) is 10.7 Å². The molecule has 11 heteroatoms. The van der Waals surface area contributed by atoms with Crippen LogP contribution in [0, 0.1) is 6.92 Å². The zero-order valence-electron chi connectivity index (χ0n) is 16.3. The molecular weight excluding hydrogens is 426 g/mol. The summed E-state index contributed by atoms with van der Waals surface area (Å²) in [6.07, 6.45) is 1.58. The molecule has 0 aliphatic carbocycles. The molecule has 3 rings (SSSR count). The number of hydrogen-bond acceptors (Lipinski definition) is 8. The summed E-state index contributed by atoms with van der Waals surface area (Å²) in [6.45, 7) is 1.89. The molecule has 0 saturated carbocycles. The average Bonchev–Trinajstić information content (AvgIpc) is 3.07. The van der Waals surface area contributed by atoms with Gasteiger partial charge in [-0.05, 0) is 48.4 Å². The first kappa shape index (κ1) is 21.5. The van der Waals surface area contributed by atoms with Crippen molar-refractivity contribution in [2.24, 2.45) is 5.10 Å². The number of nitrogens with two attached hydrogens (primary N) is 1. The number of halogens is 1. The van der Waals surface area contributed by atoms with Gasteiger partial charge in [0.25, 0.3) is 5.95 Å². The highest BCUT2D eigenvalue weighted by atomic mass is 35.5. The summed E-state index contributed by atoms with van der Waals surface area (Å²) < 4.78 is 6.39. The Labute approximate surface area is 182 Å². The minimum absolute atomic E-state index is 0.118. The van der Waals surface area contributed by atoms with E-state index >= 15 is 0 Å². The standard InChI is InChI=1S/C19H20ClN7O2S/c1-12-8-15(29-2)6-7-16(12)23-17(28)11-30-19-26-25-18(27(19)21)24-22-10-13-4-3-5-14(20)9-13/h3-10H,11,21H2,1-2H3,(H,23,28)(H,24,25)/b22-10+. The minimum atomic E-state index is -0.190. The highest BCUT2D eigenvalue weighted by molar-refractivity contribution is 7.99. The maximum Gasteiger partial charge on any atom is 0.264 e. The summed E-state index contributed by atoms with van der Waals surface area (Å²) in [5.74, 6) is 6.87. The molecule has 0 aliphatic heterocycles. The van der Waals surface area contributed by atoms with Crippen LogP contribution in [-0.4, -0.2) is 39.9 Å². The Morgan fingerprint density at radius 1 is 1.33 bits per heavy atom. The lowest BCUT2D eigenvalue weighted by Crippen LogP contribution is -2.17. The Morgan fingerprint density at radius 2 is 2.17 bits per heavy atom. The van der Waals surface area contributed by atoms with E-state index in [1.165, 1.54) is 4.68 Å². The first-order chi connectivity index (χ1) is 14.5. The van der Waals surface area contributed by atoms with E-state index in [1.54, 1.807) is 37.6 Å². The average molecular weight is 446 g/mol. The first-order valence-corrected chi connectivity index (χ1v) is 10.1. The SMILES string of the molecule is COc1ccc(NC(=O)CSc2nnc(N/N=C/c3cccc(Cl)c3)n2N)c(C)c1. The van der Waals surface area contributed by atoms with Gasteiger partial charge < -0.3 is 15.9 Å². The van der Waals surface area contributed by atoms with Crippen LogP contribution in [0.5, 0.6) is 5.75 Å². The molecule has 156 valence electrons. The second-order valence-electron chi connectivity index (χ2n) is 6.12. The Balaban J connectivity index is 1.54. The summed E-state index contributed by atoms with van der Waals surface area (Å²) in [7, 11) is 1.60. The van der Waals surface area contributed by atoms with Crippen molar-refractivity contribution < 1.29 is 9.53 Å². The Kier molecular flexibility index (Phi) is 7.15. The van der Waals surface area contributed by atoms with Crippen LogP contribution in [0.25, 0.3) is 0 Å². The predicted molar refractivity (Wildman–Crippen MR) is 120 cm³/mol. The molecular formula is C19H20ClN7O2S. The number of methoxy groups -OCH3 is 1. The fourth-order valence-corrected chi connectivity index (χ4v) is 3.28. The molecule has 4 N–H and O–H groups in total. The minimum Gasteiger partial charge on any atom is -0.497 e. The Bertz CT molecular complexity index is 1070. The van der Waals surface area contributed by atoms with Crippen molar-refractivity contribution in [1.82, 2.24) is 14.9 Å². The number of hydrazone groups is 1. The number of anilines is 2. The van der Waals surface area contributed by atoms with Crippen LogP contribution < -0.4 is 21.3 Å². The molecule has 0 atom stereocenters. The summed E-state index contributed by atoms with van der Waals surface area (Å²) >= 11 is 7.09. The second-order valence-corrected chi connectivity index (χ2v) is 7.50. The monoisotopic (exact) mass is 445 g/mol. The van der Waals surface area contributed by atoms with Crippen molar-refractivity contribution in [3.8, 4) is 5.75 Å². The largest absolute Gasteiger partial charge is 0.497 e. The molecule has 1 aromatic heterocycles. The van der Waals surface area contributed by atoms with Gasteiger partial charge in [0.15, 0.2) is 0 Å². The zero-order chi connectivity index (χ0) is 21.5. The van der Waals surface area contributed by atoms with Gasteiger partial charge in [-0.3, -0.25) is 4.79 Å². The van der Waals surface area contributed by atoms with Gasteiger partial charge in [-0.2, -0.15) is 5.10 Å². The third-order valence-corrected chi connectivity index (χ3v) is 5.11. The first-order valence-electron chi connectivity index (χ1n) is 8.78. The van der Waals surface area contributed by atoms with Gasteiger partial charge >= 0.3 is 0 Å². The van der Waals surface area contributed by atoms with Crippen LogP contribution in [0.1, 0.15) is 11.1 Å². The fraction of sp³-hybridized carbons (Fsp3) is 0.158. The third kappa shape index (κ3) is 5.65. The maximum atomic E-state index is 12.3. The number of carbonyl (C=O) groups is 1. The summed E-state index contributed by atoms with van der Waals surface area (Å²) in [5, 5.41) is 15.8. The van der Waals surface area contributed by atoms with Gasteiger partial charge in [0.05, 0.1) is 19.1 Å². The quantitative estimate of drug-likeness (QED) is 0.211. The van der Waals surface area contributed by atoms with E-state index in [9.17, 15) is 4.79 Å². The molecule has 2 aromatic carbocycles. The number of amides is 1. The Hall–Kier alpha value is -3.24. The van der Waals surface area contributed by atoms with Gasteiger partial charge in [0.1, 0.15) is 5.75 Å². The van der Waals surface area contributed by atoms with Crippen LogP contribution in [0.2, 0.25) is 5.02 Å². The van der Waals surface area contributed by atoms with Crippen molar-refractivity contribution in [3.05, 3.63) is 58.6 Å². The van der Waals surface area contributed by atoms with Crippen molar-refractivity contribution in [2.45, 2.75) is 12.1 Å². The van der Waals surface area contributed by atoms with E-state index in [4.69, 9.17) is 22.2 Å². The number of nitrogen functional groups attached to an aromatic ring is 1. The number of nitrogens with zero attached hydrogens (tertiary/aromatic N) is 4. The molecule has 0 bridgehead atoms. The number of aryl methyl sites for hydroxylation is 1. The van der Waals surface area contributed by atoms with Crippen molar-refractivity contribution in [2.75, 3.05) is 29.4 Å². The highest BCUT2D eigenvalue weighted by Crippen LogP contribution is 2.22. The molecule has 1 heterocycles. The molecule has 9 nitrogen and oxygen atoms in total. The highest BCUT2D eigenvalue weighted by Gasteiger charge is 2.13. The molecule has 0 radical (unpaired) electrons. The molecule has 1 amide bonds. The maximum absolute atomic E-state index is 12.3. The zero-order valence-corrected chi connectivity index (χ0v) is 17.9. The molecule has 0 unspecified atom stereocenters. The molecule has 30 heavy (non-hydrogen) atoms. The molecule has 3 aromatic rings. The van der Waals surface area contributed by atoms with Crippen molar-refractivity contribution in [3.63, 3.8) is 0 Å². The summed E-state index contributed by atoms with van der Waals surface area (Å²) in [5.41, 5.74) is 5.15. The lowest BCUT2D eigenvalue weighted by Gasteiger charge is -2.09. The van der Waals surface area contributed by atoms with Crippen LogP contribution >= 0.6 is 23.4 Å². The van der Waals surface area contributed by atoms with E-state index in [-0.39, 0.29) is 17.6 Å². The van der Waals surface area contributed by atoms with E-state index in [0.717, 1.165) is 28.6 Å². The van der Waals surface area contributed by atoms with E-state index in [2.05, 4.69) is 26.0 Å². The summed E-state index contributed by atoms with van der Waals surface area (Å²) in [4.78, 5) is 12.3. The van der Waals surface area contributed by atoms with Crippen molar-refractivity contribution >= 4 is 47.1 Å². The number of nitrogens with one attached hydrogen (secondary N) is 2. The third-order valence-electron chi connectivity index (χ3n) is 3.93. The smallest absolute Gasteiger partial charge is 0.264 e. The number of rotatable bonds is 8. The van der Waals surface area contributed by atoms with E-state index < -0.39 is 0 Å². The topological polar surface area (TPSA) is 119 Å². The number of carbonyl (C=O) groups excluding carboxylic acids is 1.